The predicted molar refractivity (Wildman–Crippen MR) is 107 cm³/mol. The zero-order valence-corrected chi connectivity index (χ0v) is 15.6. The van der Waals surface area contributed by atoms with Gasteiger partial charge in [0, 0.05) is 5.69 Å². The van der Waals surface area contributed by atoms with Crippen molar-refractivity contribution in [3.8, 4) is 0 Å². The third-order valence-electron chi connectivity index (χ3n) is 4.11. The maximum atomic E-state index is 12.3. The van der Waals surface area contributed by atoms with Gasteiger partial charge in [0.2, 0.25) is 0 Å². The van der Waals surface area contributed by atoms with Gasteiger partial charge in [0.1, 0.15) is 0 Å². The van der Waals surface area contributed by atoms with Crippen LogP contribution in [0.15, 0.2) is 60.7 Å². The molecule has 142 valence electrons. The summed E-state index contributed by atoms with van der Waals surface area (Å²) in [5, 5.41) is 13.8. The number of methoxy groups -OCH3 is 1. The standard InChI is InChI=1S/C21H20N4O3/c1-3-14-8-10-15(11-9-14)22-20(26)18-12-13-19(25-24-18)23-17-7-5-4-6-16(17)21(27)28-2/h4-13H,3H2,1-2H3,(H,22,26)(H,23,25). The van der Waals surface area contributed by atoms with Gasteiger partial charge in [-0.3, -0.25) is 4.79 Å². The molecule has 3 aromatic rings. The van der Waals surface area contributed by atoms with Crippen LogP contribution in [0.4, 0.5) is 17.2 Å². The van der Waals surface area contributed by atoms with Gasteiger partial charge in [-0.05, 0) is 48.4 Å². The number of hydrogen-bond donors (Lipinski definition) is 2. The van der Waals surface area contributed by atoms with E-state index in [0.717, 1.165) is 6.42 Å². The number of carbonyl (C=O) groups is 2. The van der Waals surface area contributed by atoms with E-state index in [1.54, 1.807) is 36.4 Å². The Kier molecular flexibility index (Phi) is 5.96. The molecule has 1 aromatic heterocycles. The second kappa shape index (κ2) is 8.77. The lowest BCUT2D eigenvalue weighted by molar-refractivity contribution is 0.0601. The number of benzene rings is 2. The fraction of sp³-hybridized carbons (Fsp3) is 0.143. The van der Waals surface area contributed by atoms with Crippen molar-refractivity contribution in [2.24, 2.45) is 0 Å². The highest BCUT2D eigenvalue weighted by Gasteiger charge is 2.13. The maximum absolute atomic E-state index is 12.3. The quantitative estimate of drug-likeness (QED) is 0.635. The zero-order valence-electron chi connectivity index (χ0n) is 15.6. The van der Waals surface area contributed by atoms with Crippen molar-refractivity contribution in [1.82, 2.24) is 10.2 Å². The second-order valence-electron chi connectivity index (χ2n) is 5.97. The Morgan fingerprint density at radius 3 is 2.36 bits per heavy atom. The van der Waals surface area contributed by atoms with Crippen molar-refractivity contribution >= 4 is 29.1 Å². The van der Waals surface area contributed by atoms with Crippen LogP contribution in [-0.2, 0) is 11.2 Å². The molecule has 0 fully saturated rings. The van der Waals surface area contributed by atoms with Crippen LogP contribution in [0.25, 0.3) is 0 Å². The minimum absolute atomic E-state index is 0.186. The van der Waals surface area contributed by atoms with Gasteiger partial charge >= 0.3 is 5.97 Å². The van der Waals surface area contributed by atoms with Crippen LogP contribution >= 0.6 is 0 Å². The smallest absolute Gasteiger partial charge is 0.339 e. The van der Waals surface area contributed by atoms with Gasteiger partial charge in [-0.15, -0.1) is 10.2 Å². The molecule has 28 heavy (non-hydrogen) atoms. The Hall–Kier alpha value is -3.74. The molecular formula is C21H20N4O3. The number of nitrogens with zero attached hydrogens (tertiary/aromatic N) is 2. The number of para-hydroxylation sites is 1. The number of esters is 1. The Morgan fingerprint density at radius 2 is 1.71 bits per heavy atom. The molecule has 0 saturated carbocycles. The van der Waals surface area contributed by atoms with Gasteiger partial charge in [0.05, 0.1) is 18.4 Å². The van der Waals surface area contributed by atoms with E-state index in [1.165, 1.54) is 12.7 Å². The molecule has 2 N–H and O–H groups in total. The maximum Gasteiger partial charge on any atom is 0.339 e. The lowest BCUT2D eigenvalue weighted by Crippen LogP contribution is -2.14. The molecule has 0 aliphatic heterocycles. The molecule has 0 unspecified atom stereocenters. The van der Waals surface area contributed by atoms with Crippen LogP contribution in [0.1, 0.15) is 33.3 Å². The van der Waals surface area contributed by atoms with Crippen molar-refractivity contribution in [3.63, 3.8) is 0 Å². The van der Waals surface area contributed by atoms with Gasteiger partial charge in [-0.25, -0.2) is 4.79 Å². The highest BCUT2D eigenvalue weighted by molar-refractivity contribution is 6.02. The Bertz CT molecular complexity index is 970. The summed E-state index contributed by atoms with van der Waals surface area (Å²) < 4.78 is 4.77. The van der Waals surface area contributed by atoms with Crippen molar-refractivity contribution in [1.29, 1.82) is 0 Å². The van der Waals surface area contributed by atoms with Gasteiger partial charge in [0.15, 0.2) is 11.5 Å². The highest BCUT2D eigenvalue weighted by Crippen LogP contribution is 2.20. The fourth-order valence-electron chi connectivity index (χ4n) is 2.56. The number of carbonyl (C=O) groups excluding carboxylic acids is 2. The first kappa shape index (κ1) is 19.0. The van der Waals surface area contributed by atoms with Crippen LogP contribution in [0.2, 0.25) is 0 Å². The van der Waals surface area contributed by atoms with Crippen LogP contribution < -0.4 is 10.6 Å². The Labute approximate surface area is 162 Å². The van der Waals surface area contributed by atoms with Gasteiger partial charge in [-0.2, -0.15) is 0 Å². The average molecular weight is 376 g/mol. The molecule has 0 aliphatic carbocycles. The van der Waals surface area contributed by atoms with Crippen molar-refractivity contribution in [2.45, 2.75) is 13.3 Å². The molecule has 0 radical (unpaired) electrons. The van der Waals surface area contributed by atoms with E-state index < -0.39 is 5.97 Å². The largest absolute Gasteiger partial charge is 0.465 e. The number of nitrogens with one attached hydrogen (secondary N) is 2. The molecule has 1 heterocycles. The summed E-state index contributed by atoms with van der Waals surface area (Å²) in [6, 6.07) is 17.7. The van der Waals surface area contributed by atoms with Crippen LogP contribution in [0, 0.1) is 0 Å². The minimum atomic E-state index is -0.457. The van der Waals surface area contributed by atoms with E-state index in [-0.39, 0.29) is 11.6 Å². The minimum Gasteiger partial charge on any atom is -0.465 e. The SMILES string of the molecule is CCc1ccc(NC(=O)c2ccc(Nc3ccccc3C(=O)OC)nn2)cc1. The zero-order chi connectivity index (χ0) is 19.9. The number of ether oxygens (including phenoxy) is 1. The van der Waals surface area contributed by atoms with E-state index in [9.17, 15) is 9.59 Å². The summed E-state index contributed by atoms with van der Waals surface area (Å²) in [6.45, 7) is 2.07. The van der Waals surface area contributed by atoms with Gasteiger partial charge in [0.25, 0.3) is 5.91 Å². The first-order chi connectivity index (χ1) is 13.6. The number of rotatable bonds is 6. The monoisotopic (exact) mass is 376 g/mol. The third kappa shape index (κ3) is 4.50. The van der Waals surface area contributed by atoms with E-state index in [1.807, 2.05) is 24.3 Å². The molecule has 0 bridgehead atoms. The molecule has 3 rings (SSSR count). The summed E-state index contributed by atoms with van der Waals surface area (Å²) in [5.74, 6) is -0.403. The van der Waals surface area contributed by atoms with Crippen LogP contribution in [0.5, 0.6) is 0 Å². The van der Waals surface area contributed by atoms with E-state index in [4.69, 9.17) is 4.74 Å². The van der Waals surface area contributed by atoms with Crippen molar-refractivity contribution in [2.75, 3.05) is 17.7 Å². The van der Waals surface area contributed by atoms with Crippen LogP contribution in [-0.4, -0.2) is 29.2 Å². The van der Waals surface area contributed by atoms with Crippen molar-refractivity contribution in [3.05, 3.63) is 77.5 Å². The van der Waals surface area contributed by atoms with E-state index >= 15 is 0 Å². The topological polar surface area (TPSA) is 93.2 Å². The summed E-state index contributed by atoms with van der Waals surface area (Å²) in [7, 11) is 1.32. The molecule has 0 aliphatic rings. The average Bonchev–Trinajstić information content (AvgIpc) is 2.74. The number of aromatic nitrogens is 2. The molecule has 7 nitrogen and oxygen atoms in total. The predicted octanol–water partition coefficient (Wildman–Crippen LogP) is 3.82. The highest BCUT2D eigenvalue weighted by atomic mass is 16.5. The van der Waals surface area contributed by atoms with E-state index in [0.29, 0.717) is 22.8 Å². The summed E-state index contributed by atoms with van der Waals surface area (Å²) in [6.07, 6.45) is 0.938. The first-order valence-corrected chi connectivity index (χ1v) is 8.79. The normalized spacial score (nSPS) is 10.2. The molecular weight excluding hydrogens is 356 g/mol. The van der Waals surface area contributed by atoms with Gasteiger partial charge < -0.3 is 15.4 Å². The Morgan fingerprint density at radius 1 is 0.964 bits per heavy atom. The number of anilines is 3. The molecule has 2 aromatic carbocycles. The number of aryl methyl sites for hydroxylation is 1. The lowest BCUT2D eigenvalue weighted by Gasteiger charge is -2.10. The first-order valence-electron chi connectivity index (χ1n) is 8.79. The number of hydrogen-bond acceptors (Lipinski definition) is 6. The second-order valence-corrected chi connectivity index (χ2v) is 5.97. The summed E-state index contributed by atoms with van der Waals surface area (Å²) >= 11 is 0. The summed E-state index contributed by atoms with van der Waals surface area (Å²) in [4.78, 5) is 24.2. The molecule has 7 heteroatoms. The van der Waals surface area contributed by atoms with E-state index in [2.05, 4.69) is 27.8 Å². The van der Waals surface area contributed by atoms with Crippen molar-refractivity contribution < 1.29 is 14.3 Å². The summed E-state index contributed by atoms with van der Waals surface area (Å²) in [5.41, 5.74) is 2.99. The lowest BCUT2D eigenvalue weighted by atomic mass is 10.1. The third-order valence-corrected chi connectivity index (χ3v) is 4.11. The molecule has 1 amide bonds. The fourth-order valence-corrected chi connectivity index (χ4v) is 2.56. The van der Waals surface area contributed by atoms with Crippen LogP contribution in [0.3, 0.4) is 0 Å². The number of amides is 1. The van der Waals surface area contributed by atoms with Gasteiger partial charge in [-0.1, -0.05) is 31.2 Å². The molecule has 0 saturated heterocycles. The molecule has 0 spiro atoms. The Balaban J connectivity index is 1.69. The molecule has 0 atom stereocenters.